The molecule has 2 amide bonds. The van der Waals surface area contributed by atoms with Crippen molar-refractivity contribution in [3.8, 4) is 5.75 Å². The van der Waals surface area contributed by atoms with Gasteiger partial charge in [0.15, 0.2) is 11.4 Å². The number of hydrogen-bond acceptors (Lipinski definition) is 6. The van der Waals surface area contributed by atoms with Crippen LogP contribution in [0.25, 0.3) is 0 Å². The Kier molecular flexibility index (Phi) is 6.40. The Bertz CT molecular complexity index is 1330. The van der Waals surface area contributed by atoms with E-state index in [4.69, 9.17) is 38.4 Å². The topological polar surface area (TPSA) is 112 Å². The van der Waals surface area contributed by atoms with E-state index in [-0.39, 0.29) is 40.8 Å². The lowest BCUT2D eigenvalue weighted by Gasteiger charge is -2.45. The van der Waals surface area contributed by atoms with Crippen molar-refractivity contribution in [2.45, 2.75) is 25.0 Å². The molecule has 5 rings (SSSR count). The molecule has 0 unspecified atom stereocenters. The molecule has 3 N–H and O–H groups in total. The number of fused-ring (bicyclic) bond motifs is 2. The molecule has 1 aromatic heterocycles. The number of piperidine rings is 1. The Morgan fingerprint density at radius 3 is 2.81 bits per heavy atom. The van der Waals surface area contributed by atoms with Gasteiger partial charge in [0, 0.05) is 11.6 Å². The Hall–Kier alpha value is -3.50. The number of nitrogens with two attached hydrogens (primary N) is 1. The monoisotopic (exact) mass is 533 g/mol. The molecule has 2 aliphatic heterocycles. The van der Waals surface area contributed by atoms with Crippen LogP contribution in [0.2, 0.25) is 10.0 Å². The maximum atomic E-state index is 15.1. The van der Waals surface area contributed by atoms with Crippen LogP contribution in [0.1, 0.15) is 28.8 Å². The smallest absolute Gasteiger partial charge is 0.412 e. The second-order valence-corrected chi connectivity index (χ2v) is 9.44. The molecule has 1 atom stereocenters. The summed E-state index contributed by atoms with van der Waals surface area (Å²) in [4.78, 5) is 27.2. The molecular formula is C24H22Cl2FN5O4. The average Bonchev–Trinajstić information content (AvgIpc) is 3.22. The van der Waals surface area contributed by atoms with E-state index in [1.54, 1.807) is 24.3 Å². The maximum Gasteiger partial charge on any atom is 0.412 e. The van der Waals surface area contributed by atoms with Gasteiger partial charge in [-0.3, -0.25) is 10.1 Å². The fourth-order valence-corrected chi connectivity index (χ4v) is 4.92. The zero-order valence-electron chi connectivity index (χ0n) is 19.0. The first-order valence-corrected chi connectivity index (χ1v) is 12.0. The number of carbonyl (C=O) groups is 2. The van der Waals surface area contributed by atoms with Gasteiger partial charge in [-0.25, -0.2) is 13.9 Å². The summed E-state index contributed by atoms with van der Waals surface area (Å²) in [5.41, 5.74) is 5.47. The van der Waals surface area contributed by atoms with Crippen molar-refractivity contribution >= 4 is 46.7 Å². The van der Waals surface area contributed by atoms with Crippen LogP contribution in [0, 0.1) is 5.82 Å². The number of carbonyl (C=O) groups excluding carboxylic acids is 2. The predicted octanol–water partition coefficient (Wildman–Crippen LogP) is 4.68. The molecule has 0 radical (unpaired) electrons. The third kappa shape index (κ3) is 4.42. The molecule has 36 heavy (non-hydrogen) atoms. The first-order chi connectivity index (χ1) is 17.3. The second-order valence-electron chi connectivity index (χ2n) is 8.59. The van der Waals surface area contributed by atoms with E-state index >= 15 is 4.39 Å². The number of hydrogen-bond donors (Lipinski definition) is 2. The average molecular weight is 534 g/mol. The number of aromatic nitrogens is 2. The van der Waals surface area contributed by atoms with E-state index < -0.39 is 23.4 Å². The summed E-state index contributed by atoms with van der Waals surface area (Å²) in [6, 6.07) is 9.83. The fourth-order valence-electron chi connectivity index (χ4n) is 4.64. The summed E-state index contributed by atoms with van der Waals surface area (Å²) in [6.45, 7) is 0.918. The number of likely N-dealkylation sites (tertiary alicyclic amines) is 1. The van der Waals surface area contributed by atoms with Crippen molar-refractivity contribution in [3.05, 3.63) is 69.6 Å². The van der Waals surface area contributed by atoms with Crippen LogP contribution < -0.4 is 15.8 Å². The fraction of sp³-hybridized carbons (Fsp3) is 0.292. The van der Waals surface area contributed by atoms with Crippen LogP contribution in [0.5, 0.6) is 5.75 Å². The zero-order chi connectivity index (χ0) is 25.4. The molecule has 1 spiro atoms. The number of benzene rings is 2. The minimum absolute atomic E-state index is 0.0478. The standard InChI is InChI=1S/C24H22Cl2FN5O4/c25-14-2-4-15(5-3-14)35-11-10-32-21(28)16(12-29-32)22(33)31-9-1-8-24(13-31)19-18(30-23(34)36-24)7-6-17(26)20(19)27/h2-7,12H,1,8-11,13,28H2,(H,30,34)/t24-/m0/s1. The highest BCUT2D eigenvalue weighted by Gasteiger charge is 2.48. The third-order valence-corrected chi connectivity index (χ3v) is 6.86. The number of amides is 2. The summed E-state index contributed by atoms with van der Waals surface area (Å²) < 4.78 is 27.9. The first-order valence-electron chi connectivity index (χ1n) is 11.2. The highest BCUT2D eigenvalue weighted by Crippen LogP contribution is 2.45. The number of nitrogens with zero attached hydrogens (tertiary/aromatic N) is 3. The normalized spacial score (nSPS) is 19.0. The highest BCUT2D eigenvalue weighted by atomic mass is 35.5. The van der Waals surface area contributed by atoms with Gasteiger partial charge in [-0.1, -0.05) is 23.2 Å². The Balaban J connectivity index is 1.33. The molecular weight excluding hydrogens is 512 g/mol. The van der Waals surface area contributed by atoms with E-state index in [0.29, 0.717) is 36.7 Å². The largest absolute Gasteiger partial charge is 0.492 e. The van der Waals surface area contributed by atoms with Crippen LogP contribution in [0.3, 0.4) is 0 Å². The molecule has 188 valence electrons. The Morgan fingerprint density at radius 1 is 1.25 bits per heavy atom. The summed E-state index contributed by atoms with van der Waals surface area (Å²) in [5.74, 6) is -0.257. The molecule has 0 saturated carbocycles. The molecule has 2 aliphatic rings. The lowest BCUT2D eigenvalue weighted by Crippen LogP contribution is -2.53. The van der Waals surface area contributed by atoms with Crippen molar-refractivity contribution in [2.24, 2.45) is 0 Å². The van der Waals surface area contributed by atoms with E-state index in [1.165, 1.54) is 27.9 Å². The quantitative estimate of drug-likeness (QED) is 0.492. The Labute approximate surface area is 215 Å². The van der Waals surface area contributed by atoms with Gasteiger partial charge in [0.25, 0.3) is 5.91 Å². The van der Waals surface area contributed by atoms with Crippen molar-refractivity contribution in [1.29, 1.82) is 0 Å². The predicted molar refractivity (Wildman–Crippen MR) is 132 cm³/mol. The molecule has 3 aromatic rings. The van der Waals surface area contributed by atoms with Crippen molar-refractivity contribution in [3.63, 3.8) is 0 Å². The van der Waals surface area contributed by atoms with Gasteiger partial charge in [-0.05, 0) is 49.2 Å². The SMILES string of the molecule is Nc1c(C(=O)N2CCC[C@@]3(C2)OC(=O)Nc2ccc(Cl)c(F)c23)cnn1CCOc1ccc(Cl)cc1. The van der Waals surface area contributed by atoms with Crippen LogP contribution in [0.15, 0.2) is 42.6 Å². The van der Waals surface area contributed by atoms with E-state index in [1.807, 2.05) is 0 Å². The van der Waals surface area contributed by atoms with Gasteiger partial charge in [0.2, 0.25) is 0 Å². The van der Waals surface area contributed by atoms with Crippen LogP contribution in [-0.4, -0.2) is 46.4 Å². The van der Waals surface area contributed by atoms with Gasteiger partial charge in [0.1, 0.15) is 23.7 Å². The number of halogens is 3. The zero-order valence-corrected chi connectivity index (χ0v) is 20.5. The van der Waals surface area contributed by atoms with Gasteiger partial charge in [-0.2, -0.15) is 5.10 Å². The van der Waals surface area contributed by atoms with Gasteiger partial charge in [0.05, 0.1) is 35.6 Å². The Morgan fingerprint density at radius 2 is 2.03 bits per heavy atom. The minimum atomic E-state index is -1.36. The van der Waals surface area contributed by atoms with Gasteiger partial charge < -0.3 is 20.1 Å². The molecule has 1 saturated heterocycles. The number of rotatable bonds is 5. The van der Waals surface area contributed by atoms with Gasteiger partial charge >= 0.3 is 6.09 Å². The summed E-state index contributed by atoms with van der Waals surface area (Å²) in [5, 5.41) is 7.24. The first kappa shape index (κ1) is 24.2. The number of ether oxygens (including phenoxy) is 2. The second kappa shape index (κ2) is 9.51. The van der Waals surface area contributed by atoms with Crippen LogP contribution >= 0.6 is 23.2 Å². The van der Waals surface area contributed by atoms with E-state index in [2.05, 4.69) is 10.4 Å². The van der Waals surface area contributed by atoms with E-state index in [9.17, 15) is 9.59 Å². The lowest BCUT2D eigenvalue weighted by molar-refractivity contribution is -0.0418. The number of nitrogens with one attached hydrogen (secondary N) is 1. The van der Waals surface area contributed by atoms with Crippen LogP contribution in [0.4, 0.5) is 20.7 Å². The van der Waals surface area contributed by atoms with Crippen molar-refractivity contribution in [1.82, 2.24) is 14.7 Å². The van der Waals surface area contributed by atoms with Crippen LogP contribution in [-0.2, 0) is 16.9 Å². The minimum Gasteiger partial charge on any atom is -0.492 e. The number of anilines is 2. The summed E-state index contributed by atoms with van der Waals surface area (Å²) in [6.07, 6.45) is 1.49. The molecule has 0 aliphatic carbocycles. The van der Waals surface area contributed by atoms with Crippen molar-refractivity contribution in [2.75, 3.05) is 30.7 Å². The third-order valence-electron chi connectivity index (χ3n) is 6.31. The molecule has 9 nitrogen and oxygen atoms in total. The molecule has 2 aromatic carbocycles. The molecule has 1 fully saturated rings. The molecule has 12 heteroatoms. The molecule has 3 heterocycles. The van der Waals surface area contributed by atoms with Gasteiger partial charge in [-0.15, -0.1) is 0 Å². The number of nitrogen functional groups attached to an aromatic ring is 1. The highest BCUT2D eigenvalue weighted by molar-refractivity contribution is 6.31. The summed E-state index contributed by atoms with van der Waals surface area (Å²) >= 11 is 11.9. The lowest BCUT2D eigenvalue weighted by atomic mass is 9.83. The maximum absolute atomic E-state index is 15.1. The molecule has 0 bridgehead atoms. The van der Waals surface area contributed by atoms with Crippen molar-refractivity contribution < 1.29 is 23.5 Å². The summed E-state index contributed by atoms with van der Waals surface area (Å²) in [7, 11) is 0. The van der Waals surface area contributed by atoms with E-state index in [0.717, 1.165) is 0 Å².